The van der Waals surface area contributed by atoms with Gasteiger partial charge >= 0.3 is 5.97 Å². The zero-order valence-electron chi connectivity index (χ0n) is 15.0. The molecular weight excluding hydrogens is 330 g/mol. The van der Waals surface area contributed by atoms with E-state index in [0.717, 1.165) is 6.42 Å². The Morgan fingerprint density at radius 1 is 0.885 bits per heavy atom. The summed E-state index contributed by atoms with van der Waals surface area (Å²) >= 11 is 0. The number of ketones is 1. The van der Waals surface area contributed by atoms with E-state index in [9.17, 15) is 14.4 Å². The molecule has 0 saturated carbocycles. The van der Waals surface area contributed by atoms with Gasteiger partial charge in [0.25, 0.3) is 5.91 Å². The largest absolute Gasteiger partial charge is 0.452 e. The lowest BCUT2D eigenvalue weighted by Crippen LogP contribution is -2.30. The van der Waals surface area contributed by atoms with Gasteiger partial charge in [-0.3, -0.25) is 9.59 Å². The first-order chi connectivity index (χ1) is 12.5. The second kappa shape index (κ2) is 9.51. The van der Waals surface area contributed by atoms with E-state index < -0.39 is 5.97 Å². The SMILES string of the molecule is CC(C)CCNC(=O)COC(=O)c1ccc(C(=O)c2ccccc2)cc1. The summed E-state index contributed by atoms with van der Waals surface area (Å²) < 4.78 is 5.00. The van der Waals surface area contributed by atoms with Crippen molar-refractivity contribution in [2.24, 2.45) is 5.92 Å². The predicted molar refractivity (Wildman–Crippen MR) is 99.1 cm³/mol. The molecule has 0 aliphatic carbocycles. The van der Waals surface area contributed by atoms with Gasteiger partial charge in [-0.15, -0.1) is 0 Å². The number of carbonyl (C=O) groups is 3. The van der Waals surface area contributed by atoms with Crippen LogP contribution >= 0.6 is 0 Å². The molecule has 0 radical (unpaired) electrons. The molecule has 2 aromatic carbocycles. The number of hydrogen-bond acceptors (Lipinski definition) is 4. The van der Waals surface area contributed by atoms with Gasteiger partial charge in [-0.2, -0.15) is 0 Å². The molecule has 2 aromatic rings. The van der Waals surface area contributed by atoms with Gasteiger partial charge in [-0.05, 0) is 24.5 Å². The summed E-state index contributed by atoms with van der Waals surface area (Å²) in [5, 5.41) is 2.70. The highest BCUT2D eigenvalue weighted by molar-refractivity contribution is 6.09. The van der Waals surface area contributed by atoms with Gasteiger partial charge in [-0.1, -0.05) is 56.3 Å². The molecule has 5 nitrogen and oxygen atoms in total. The van der Waals surface area contributed by atoms with Crippen LogP contribution in [0.1, 0.15) is 46.5 Å². The molecule has 0 bridgehead atoms. The fourth-order valence-corrected chi connectivity index (χ4v) is 2.28. The van der Waals surface area contributed by atoms with Crippen molar-refractivity contribution in [2.75, 3.05) is 13.2 Å². The Balaban J connectivity index is 1.86. The number of esters is 1. The summed E-state index contributed by atoms with van der Waals surface area (Å²) in [4.78, 5) is 35.9. The zero-order chi connectivity index (χ0) is 18.9. The summed E-state index contributed by atoms with van der Waals surface area (Å²) in [6.45, 7) is 4.38. The molecule has 26 heavy (non-hydrogen) atoms. The van der Waals surface area contributed by atoms with Crippen LogP contribution in [0.15, 0.2) is 54.6 Å². The highest BCUT2D eigenvalue weighted by Crippen LogP contribution is 2.11. The van der Waals surface area contributed by atoms with Crippen molar-refractivity contribution < 1.29 is 19.1 Å². The van der Waals surface area contributed by atoms with Crippen molar-refractivity contribution in [3.05, 3.63) is 71.3 Å². The molecule has 0 saturated heterocycles. The molecule has 0 aliphatic heterocycles. The molecule has 0 heterocycles. The van der Waals surface area contributed by atoms with Gasteiger partial charge in [0.15, 0.2) is 12.4 Å². The molecule has 1 amide bonds. The highest BCUT2D eigenvalue weighted by atomic mass is 16.5. The smallest absolute Gasteiger partial charge is 0.338 e. The number of rotatable bonds is 8. The first kappa shape index (κ1) is 19.4. The summed E-state index contributed by atoms with van der Waals surface area (Å²) in [5.41, 5.74) is 1.37. The Hall–Kier alpha value is -2.95. The standard InChI is InChI=1S/C21H23NO4/c1-15(2)12-13-22-19(23)14-26-21(25)18-10-8-17(9-11-18)20(24)16-6-4-3-5-7-16/h3-11,15H,12-14H2,1-2H3,(H,22,23). The summed E-state index contributed by atoms with van der Waals surface area (Å²) in [7, 11) is 0. The fraction of sp³-hybridized carbons (Fsp3) is 0.286. The maximum atomic E-state index is 12.3. The molecule has 0 unspecified atom stereocenters. The Morgan fingerprint density at radius 3 is 2.08 bits per heavy atom. The van der Waals surface area contributed by atoms with Crippen molar-refractivity contribution in [3.8, 4) is 0 Å². The molecule has 0 spiro atoms. The topological polar surface area (TPSA) is 72.5 Å². The van der Waals surface area contributed by atoms with E-state index in [2.05, 4.69) is 19.2 Å². The van der Waals surface area contributed by atoms with Crippen molar-refractivity contribution in [1.82, 2.24) is 5.32 Å². The zero-order valence-corrected chi connectivity index (χ0v) is 15.0. The van der Waals surface area contributed by atoms with Crippen LogP contribution < -0.4 is 5.32 Å². The maximum absolute atomic E-state index is 12.3. The third-order valence-electron chi connectivity index (χ3n) is 3.80. The summed E-state index contributed by atoms with van der Waals surface area (Å²) in [6.07, 6.45) is 0.872. The minimum absolute atomic E-state index is 0.116. The van der Waals surface area contributed by atoms with E-state index >= 15 is 0 Å². The number of ether oxygens (including phenoxy) is 1. The number of nitrogens with one attached hydrogen (secondary N) is 1. The Labute approximate surface area is 153 Å². The van der Waals surface area contributed by atoms with Crippen LogP contribution in [0.25, 0.3) is 0 Å². The molecular formula is C21H23NO4. The molecule has 0 fully saturated rings. The minimum atomic E-state index is -0.595. The second-order valence-corrected chi connectivity index (χ2v) is 6.38. The van der Waals surface area contributed by atoms with Gasteiger partial charge < -0.3 is 10.1 Å². The van der Waals surface area contributed by atoms with Gasteiger partial charge in [-0.25, -0.2) is 4.79 Å². The fourth-order valence-electron chi connectivity index (χ4n) is 2.28. The van der Waals surface area contributed by atoms with Crippen LogP contribution in [0.4, 0.5) is 0 Å². The van der Waals surface area contributed by atoms with Crippen LogP contribution in [-0.4, -0.2) is 30.8 Å². The van der Waals surface area contributed by atoms with Crippen LogP contribution in [0, 0.1) is 5.92 Å². The van der Waals surface area contributed by atoms with Gasteiger partial charge in [0.2, 0.25) is 0 Å². The second-order valence-electron chi connectivity index (χ2n) is 6.38. The number of amides is 1. The average molecular weight is 353 g/mol. The average Bonchev–Trinajstić information content (AvgIpc) is 2.66. The lowest BCUT2D eigenvalue weighted by molar-refractivity contribution is -0.124. The molecule has 0 atom stereocenters. The number of carbonyl (C=O) groups excluding carboxylic acids is 3. The molecule has 0 aromatic heterocycles. The Bertz CT molecular complexity index is 751. The van der Waals surface area contributed by atoms with E-state index in [1.165, 1.54) is 12.1 Å². The van der Waals surface area contributed by atoms with Crippen molar-refractivity contribution in [3.63, 3.8) is 0 Å². The summed E-state index contributed by atoms with van der Waals surface area (Å²) in [6, 6.07) is 15.1. The van der Waals surface area contributed by atoms with E-state index in [-0.39, 0.29) is 18.3 Å². The molecule has 136 valence electrons. The molecule has 0 aliphatic rings. The Morgan fingerprint density at radius 2 is 1.46 bits per heavy atom. The minimum Gasteiger partial charge on any atom is -0.452 e. The Kier molecular flexibility index (Phi) is 7.09. The molecule has 2 rings (SSSR count). The van der Waals surface area contributed by atoms with Crippen molar-refractivity contribution in [1.29, 1.82) is 0 Å². The molecule has 5 heteroatoms. The van der Waals surface area contributed by atoms with Crippen molar-refractivity contribution >= 4 is 17.7 Å². The highest BCUT2D eigenvalue weighted by Gasteiger charge is 2.13. The van der Waals surface area contributed by atoms with Crippen LogP contribution in [0.2, 0.25) is 0 Å². The third-order valence-corrected chi connectivity index (χ3v) is 3.80. The first-order valence-corrected chi connectivity index (χ1v) is 8.61. The predicted octanol–water partition coefficient (Wildman–Crippen LogP) is 3.24. The lowest BCUT2D eigenvalue weighted by Gasteiger charge is -2.08. The van der Waals surface area contributed by atoms with Crippen molar-refractivity contribution in [2.45, 2.75) is 20.3 Å². The van der Waals surface area contributed by atoms with Crippen LogP contribution in [0.5, 0.6) is 0 Å². The van der Waals surface area contributed by atoms with E-state index in [0.29, 0.717) is 29.2 Å². The normalized spacial score (nSPS) is 10.4. The van der Waals surface area contributed by atoms with E-state index in [1.807, 2.05) is 6.07 Å². The summed E-state index contributed by atoms with van der Waals surface area (Å²) in [5.74, 6) is -0.539. The molecule has 1 N–H and O–H groups in total. The van der Waals surface area contributed by atoms with Gasteiger partial charge in [0.1, 0.15) is 0 Å². The maximum Gasteiger partial charge on any atom is 0.338 e. The first-order valence-electron chi connectivity index (χ1n) is 8.61. The monoisotopic (exact) mass is 353 g/mol. The van der Waals surface area contributed by atoms with Gasteiger partial charge in [0.05, 0.1) is 5.56 Å². The van der Waals surface area contributed by atoms with Gasteiger partial charge in [0, 0.05) is 17.7 Å². The third kappa shape index (κ3) is 5.84. The van der Waals surface area contributed by atoms with Crippen LogP contribution in [-0.2, 0) is 9.53 Å². The lowest BCUT2D eigenvalue weighted by atomic mass is 10.0. The number of hydrogen-bond donors (Lipinski definition) is 1. The number of benzene rings is 2. The van der Waals surface area contributed by atoms with E-state index in [1.54, 1.807) is 36.4 Å². The van der Waals surface area contributed by atoms with E-state index in [4.69, 9.17) is 4.74 Å². The van der Waals surface area contributed by atoms with Crippen LogP contribution in [0.3, 0.4) is 0 Å². The quantitative estimate of drug-likeness (QED) is 0.584.